The monoisotopic (exact) mass is 405 g/mol. The van der Waals surface area contributed by atoms with E-state index >= 15 is 0 Å². The van der Waals surface area contributed by atoms with Gasteiger partial charge in [-0.05, 0) is 70.5 Å². The minimum atomic E-state index is -1.22. The Hall–Kier alpha value is -2.12. The second kappa shape index (κ2) is 8.71. The zero-order valence-electron chi connectivity index (χ0n) is 18.2. The maximum Gasteiger partial charge on any atom is 0.321 e. The summed E-state index contributed by atoms with van der Waals surface area (Å²) in [6.45, 7) is 8.44. The van der Waals surface area contributed by atoms with E-state index < -0.39 is 23.0 Å². The largest absolute Gasteiger partial charge is 0.508 e. The van der Waals surface area contributed by atoms with Crippen molar-refractivity contribution < 1.29 is 19.8 Å². The highest BCUT2D eigenvalue weighted by Crippen LogP contribution is 2.51. The maximum atomic E-state index is 13.2. The number of primary amides is 1. The smallest absolute Gasteiger partial charge is 0.321 e. The van der Waals surface area contributed by atoms with E-state index in [2.05, 4.69) is 4.90 Å². The van der Waals surface area contributed by atoms with Crippen molar-refractivity contribution in [2.75, 3.05) is 20.1 Å². The second-order valence-electron chi connectivity index (χ2n) is 8.32. The summed E-state index contributed by atoms with van der Waals surface area (Å²) in [6, 6.07) is 4.06. The van der Waals surface area contributed by atoms with Gasteiger partial charge in [-0.1, -0.05) is 19.4 Å². The van der Waals surface area contributed by atoms with E-state index in [1.807, 2.05) is 27.8 Å². The molecule has 3 atom stereocenters. The predicted octanol–water partition coefficient (Wildman–Crippen LogP) is 2.51. The van der Waals surface area contributed by atoms with Crippen LogP contribution >= 0.6 is 0 Å². The van der Waals surface area contributed by atoms with Crippen molar-refractivity contribution in [3.63, 3.8) is 0 Å². The molecule has 1 fully saturated rings. The van der Waals surface area contributed by atoms with Crippen LogP contribution < -0.4 is 5.73 Å². The summed E-state index contributed by atoms with van der Waals surface area (Å²) >= 11 is 0. The van der Waals surface area contributed by atoms with Crippen molar-refractivity contribution in [1.29, 1.82) is 0 Å². The van der Waals surface area contributed by atoms with Crippen LogP contribution in [-0.2, 0) is 10.2 Å². The van der Waals surface area contributed by atoms with Gasteiger partial charge in [-0.2, -0.15) is 0 Å². The average Bonchev–Trinajstić information content (AvgIpc) is 2.65. The molecule has 1 aliphatic heterocycles. The van der Waals surface area contributed by atoms with Crippen molar-refractivity contribution in [3.05, 3.63) is 29.3 Å². The molecule has 2 unspecified atom stereocenters. The van der Waals surface area contributed by atoms with Crippen LogP contribution in [0.5, 0.6) is 5.75 Å². The summed E-state index contributed by atoms with van der Waals surface area (Å²) in [7, 11) is 1.97. The molecule has 0 aliphatic carbocycles. The Balaban J connectivity index is 2.72. The van der Waals surface area contributed by atoms with Crippen LogP contribution in [-0.4, -0.2) is 63.7 Å². The average molecular weight is 406 g/mol. The number of rotatable bonds is 6. The first-order chi connectivity index (χ1) is 13.5. The van der Waals surface area contributed by atoms with Gasteiger partial charge in [0.15, 0.2) is 0 Å². The number of aryl methyl sites for hydroxylation is 1. The first kappa shape index (κ1) is 23.2. The number of benzene rings is 1. The van der Waals surface area contributed by atoms with E-state index in [1.165, 1.54) is 0 Å². The van der Waals surface area contributed by atoms with Crippen LogP contribution in [0, 0.1) is 6.92 Å². The number of likely N-dealkylation sites (tertiary alicyclic amines) is 1. The number of likely N-dealkylation sites (N-methyl/N-ethyl adjacent to an activating group) is 1. The SMILES string of the molecule is CCCC1(O)C(C)N(C)CC[C@@]1(CC(=O)N(CC)C(N)=O)c1cc(O)ccc1C. The van der Waals surface area contributed by atoms with Gasteiger partial charge in [-0.25, -0.2) is 4.79 Å². The Labute approximate surface area is 173 Å². The second-order valence-corrected chi connectivity index (χ2v) is 8.32. The van der Waals surface area contributed by atoms with Gasteiger partial charge in [0.1, 0.15) is 5.75 Å². The summed E-state index contributed by atoms with van der Waals surface area (Å²) < 4.78 is 0. The van der Waals surface area contributed by atoms with Crippen molar-refractivity contribution >= 4 is 11.9 Å². The normalized spacial score (nSPS) is 27.6. The van der Waals surface area contributed by atoms with Gasteiger partial charge < -0.3 is 20.8 Å². The minimum absolute atomic E-state index is 0.0528. The fourth-order valence-corrected chi connectivity index (χ4v) is 5.01. The number of amides is 3. The molecular formula is C22H35N3O4. The number of phenols is 1. The number of carbonyl (C=O) groups is 2. The first-order valence-electron chi connectivity index (χ1n) is 10.4. The van der Waals surface area contributed by atoms with Gasteiger partial charge in [-0.15, -0.1) is 0 Å². The number of urea groups is 1. The molecule has 0 spiro atoms. The molecule has 0 saturated carbocycles. The zero-order chi connectivity index (χ0) is 22.0. The van der Waals surface area contributed by atoms with Gasteiger partial charge >= 0.3 is 6.03 Å². The Morgan fingerprint density at radius 2 is 2.00 bits per heavy atom. The number of carbonyl (C=O) groups excluding carboxylic acids is 2. The van der Waals surface area contributed by atoms with Crippen molar-refractivity contribution in [2.24, 2.45) is 5.73 Å². The molecular weight excluding hydrogens is 370 g/mol. The molecule has 1 aliphatic rings. The summed E-state index contributed by atoms with van der Waals surface area (Å²) in [4.78, 5) is 28.1. The lowest BCUT2D eigenvalue weighted by Gasteiger charge is -2.57. The van der Waals surface area contributed by atoms with Crippen LogP contribution in [0.15, 0.2) is 18.2 Å². The molecule has 0 aromatic heterocycles. The van der Waals surface area contributed by atoms with Crippen LogP contribution in [0.4, 0.5) is 4.79 Å². The summed E-state index contributed by atoms with van der Waals surface area (Å²) in [5.41, 5.74) is 4.90. The van der Waals surface area contributed by atoms with E-state index in [0.29, 0.717) is 19.4 Å². The van der Waals surface area contributed by atoms with Gasteiger partial charge in [0.2, 0.25) is 5.91 Å². The van der Waals surface area contributed by atoms with E-state index in [1.54, 1.807) is 25.1 Å². The minimum Gasteiger partial charge on any atom is -0.508 e. The fraction of sp³-hybridized carbons (Fsp3) is 0.636. The summed E-state index contributed by atoms with van der Waals surface area (Å²) in [6.07, 6.45) is 1.69. The highest BCUT2D eigenvalue weighted by Gasteiger charge is 2.58. The number of phenolic OH excluding ortho intramolecular Hbond substituents is 1. The number of imide groups is 1. The molecule has 1 saturated heterocycles. The quantitative estimate of drug-likeness (QED) is 0.674. The highest BCUT2D eigenvalue weighted by molar-refractivity contribution is 5.94. The van der Waals surface area contributed by atoms with Gasteiger partial charge in [0.25, 0.3) is 0 Å². The van der Waals surface area contributed by atoms with Crippen LogP contribution in [0.1, 0.15) is 57.6 Å². The number of hydrogen-bond donors (Lipinski definition) is 3. The maximum absolute atomic E-state index is 13.2. The third kappa shape index (κ3) is 3.98. The van der Waals surface area contributed by atoms with E-state index in [9.17, 15) is 19.8 Å². The number of piperidine rings is 1. The molecule has 0 radical (unpaired) electrons. The number of aliphatic hydroxyl groups is 1. The van der Waals surface area contributed by atoms with E-state index in [-0.39, 0.29) is 24.8 Å². The van der Waals surface area contributed by atoms with Crippen LogP contribution in [0.3, 0.4) is 0 Å². The summed E-state index contributed by atoms with van der Waals surface area (Å²) in [5.74, 6) is -0.320. The van der Waals surface area contributed by atoms with Crippen molar-refractivity contribution in [1.82, 2.24) is 9.80 Å². The number of nitrogens with zero attached hydrogens (tertiary/aromatic N) is 2. The molecule has 162 valence electrons. The third-order valence-corrected chi connectivity index (χ3v) is 6.78. The zero-order valence-corrected chi connectivity index (χ0v) is 18.2. The molecule has 1 heterocycles. The van der Waals surface area contributed by atoms with Crippen molar-refractivity contribution in [3.8, 4) is 5.75 Å². The number of hydrogen-bond acceptors (Lipinski definition) is 5. The number of nitrogens with two attached hydrogens (primary N) is 1. The Kier molecular flexibility index (Phi) is 6.96. The van der Waals surface area contributed by atoms with Gasteiger partial charge in [-0.3, -0.25) is 9.69 Å². The lowest BCUT2D eigenvalue weighted by molar-refractivity contribution is -0.151. The third-order valence-electron chi connectivity index (χ3n) is 6.78. The summed E-state index contributed by atoms with van der Waals surface area (Å²) in [5, 5.41) is 22.3. The van der Waals surface area contributed by atoms with Crippen LogP contribution in [0.2, 0.25) is 0 Å². The highest BCUT2D eigenvalue weighted by atomic mass is 16.3. The molecule has 7 heteroatoms. The van der Waals surface area contributed by atoms with Gasteiger partial charge in [0.05, 0.1) is 5.60 Å². The van der Waals surface area contributed by atoms with Gasteiger partial charge in [0, 0.05) is 24.4 Å². The lowest BCUT2D eigenvalue weighted by atomic mass is 9.56. The molecule has 3 amide bonds. The predicted molar refractivity (Wildman–Crippen MR) is 113 cm³/mol. The fourth-order valence-electron chi connectivity index (χ4n) is 5.01. The van der Waals surface area contributed by atoms with Crippen LogP contribution in [0.25, 0.3) is 0 Å². The molecule has 0 bridgehead atoms. The Bertz CT molecular complexity index is 768. The van der Waals surface area contributed by atoms with E-state index in [4.69, 9.17) is 5.73 Å². The molecule has 1 aromatic rings. The lowest BCUT2D eigenvalue weighted by Crippen LogP contribution is -2.68. The standard InChI is InChI=1S/C22H35N3O4/c1-6-10-22(29)16(4)24(5)12-11-21(22,14-19(27)25(7-2)20(23)28)18-13-17(26)9-8-15(18)3/h8-9,13,16,26,29H,6-7,10-12,14H2,1-5H3,(H2,23,28)/t16?,21-,22?/m1/s1. The van der Waals surface area contributed by atoms with Crippen molar-refractivity contribution in [2.45, 2.75) is 70.4 Å². The Morgan fingerprint density at radius 3 is 2.55 bits per heavy atom. The topological polar surface area (TPSA) is 107 Å². The van der Waals surface area contributed by atoms with E-state index in [0.717, 1.165) is 22.4 Å². The molecule has 7 nitrogen and oxygen atoms in total. The first-order valence-corrected chi connectivity index (χ1v) is 10.4. The molecule has 29 heavy (non-hydrogen) atoms. The molecule has 2 rings (SSSR count). The Morgan fingerprint density at radius 1 is 1.34 bits per heavy atom. The molecule has 1 aromatic carbocycles. The molecule has 4 N–H and O–H groups in total. The number of aromatic hydroxyl groups is 1.